The molecule has 0 aliphatic rings. The van der Waals surface area contributed by atoms with Crippen LogP contribution in [-0.2, 0) is 0 Å². The third kappa shape index (κ3) is 2.47. The lowest BCUT2D eigenvalue weighted by atomic mass is 10.4. The molecule has 0 saturated carbocycles. The molecule has 0 fully saturated rings. The normalized spacial score (nSPS) is 13.2. The highest BCUT2D eigenvalue weighted by atomic mass is 35.5. The monoisotopic (exact) mass is 240 g/mol. The zero-order valence-electron chi connectivity index (χ0n) is 8.56. The lowest BCUT2D eigenvalue weighted by Crippen LogP contribution is -1.99. The molecule has 0 aromatic carbocycles. The molecule has 2 aromatic rings. The van der Waals surface area contributed by atoms with Crippen molar-refractivity contribution in [1.29, 1.82) is 0 Å². The number of hydrogen-bond donors (Lipinski definition) is 0. The van der Waals surface area contributed by atoms with E-state index < -0.39 is 0 Å². The molecule has 2 heterocycles. The van der Waals surface area contributed by atoms with E-state index in [1.807, 2.05) is 36.3 Å². The average Bonchev–Trinajstić information content (AvgIpc) is 2.67. The van der Waals surface area contributed by atoms with Gasteiger partial charge in [-0.2, -0.15) is 0 Å². The van der Waals surface area contributed by atoms with Gasteiger partial charge in [-0.15, -0.1) is 23.4 Å². The second-order valence-electron chi connectivity index (χ2n) is 3.43. The molecule has 1 atom stereocenters. The predicted octanol–water partition coefficient (Wildman–Crippen LogP) is 3.44. The Bertz CT molecular complexity index is 441. The van der Waals surface area contributed by atoms with E-state index in [4.69, 9.17) is 11.6 Å². The molecule has 0 saturated heterocycles. The largest absolute Gasteiger partial charge is 0.294 e. The van der Waals surface area contributed by atoms with Gasteiger partial charge in [0.1, 0.15) is 5.65 Å². The first kappa shape index (κ1) is 10.8. The van der Waals surface area contributed by atoms with Crippen molar-refractivity contribution in [2.45, 2.75) is 23.6 Å². The minimum Gasteiger partial charge on any atom is -0.294 e. The van der Waals surface area contributed by atoms with Crippen LogP contribution >= 0.6 is 23.4 Å². The van der Waals surface area contributed by atoms with Crippen LogP contribution in [0.15, 0.2) is 35.6 Å². The summed E-state index contributed by atoms with van der Waals surface area (Å²) in [5, 5.41) is 1.76. The Morgan fingerprint density at radius 3 is 3.20 bits per heavy atom. The van der Waals surface area contributed by atoms with Crippen molar-refractivity contribution >= 4 is 29.0 Å². The Balaban J connectivity index is 2.23. The molecular weight excluding hydrogens is 228 g/mol. The highest BCUT2D eigenvalue weighted by molar-refractivity contribution is 7.99. The fourth-order valence-electron chi connectivity index (χ4n) is 1.44. The third-order valence-electron chi connectivity index (χ3n) is 2.23. The first-order chi connectivity index (χ1) is 7.31. The Kier molecular flexibility index (Phi) is 3.54. The SMILES string of the molecule is CC(CCCl)Sc1cccc2nccn12. The number of hydrogen-bond acceptors (Lipinski definition) is 2. The number of halogens is 1. The molecule has 0 amide bonds. The summed E-state index contributed by atoms with van der Waals surface area (Å²) in [5.41, 5.74) is 0.998. The smallest absolute Gasteiger partial charge is 0.137 e. The van der Waals surface area contributed by atoms with Gasteiger partial charge in [-0.3, -0.25) is 4.40 Å². The molecule has 0 spiro atoms. The first-order valence-corrected chi connectivity index (χ1v) is 6.37. The number of rotatable bonds is 4. The average molecular weight is 241 g/mol. The van der Waals surface area contributed by atoms with Gasteiger partial charge < -0.3 is 0 Å². The van der Waals surface area contributed by atoms with Gasteiger partial charge in [0.2, 0.25) is 0 Å². The fraction of sp³-hybridized carbons (Fsp3) is 0.364. The van der Waals surface area contributed by atoms with Gasteiger partial charge in [0.25, 0.3) is 0 Å². The van der Waals surface area contributed by atoms with Crippen LogP contribution < -0.4 is 0 Å². The molecule has 2 aromatic heterocycles. The standard InChI is InChI=1S/C11H13ClN2S/c1-9(5-6-12)15-11-4-2-3-10-13-7-8-14(10)11/h2-4,7-9H,5-6H2,1H3. The van der Waals surface area contributed by atoms with Gasteiger partial charge >= 0.3 is 0 Å². The maximum atomic E-state index is 5.73. The lowest BCUT2D eigenvalue weighted by molar-refractivity contribution is 0.901. The summed E-state index contributed by atoms with van der Waals surface area (Å²) in [4.78, 5) is 4.26. The molecule has 0 N–H and O–H groups in total. The Morgan fingerprint density at radius 2 is 2.40 bits per heavy atom. The van der Waals surface area contributed by atoms with Crippen LogP contribution in [0.4, 0.5) is 0 Å². The van der Waals surface area contributed by atoms with Crippen LogP contribution in [0.25, 0.3) is 5.65 Å². The Morgan fingerprint density at radius 1 is 1.53 bits per heavy atom. The van der Waals surface area contributed by atoms with Crippen LogP contribution in [0.3, 0.4) is 0 Å². The Hall–Kier alpha value is -0.670. The van der Waals surface area contributed by atoms with E-state index in [0.29, 0.717) is 11.1 Å². The highest BCUT2D eigenvalue weighted by Gasteiger charge is 2.06. The zero-order valence-corrected chi connectivity index (χ0v) is 10.1. The van der Waals surface area contributed by atoms with Crippen LogP contribution in [0.2, 0.25) is 0 Å². The minimum absolute atomic E-state index is 0.538. The molecular formula is C11H13ClN2S. The van der Waals surface area contributed by atoms with Crippen LogP contribution in [0.1, 0.15) is 13.3 Å². The topological polar surface area (TPSA) is 17.3 Å². The molecule has 2 nitrogen and oxygen atoms in total. The van der Waals surface area contributed by atoms with Crippen LogP contribution in [0.5, 0.6) is 0 Å². The zero-order chi connectivity index (χ0) is 10.7. The number of fused-ring (bicyclic) bond motifs is 1. The number of nitrogens with zero attached hydrogens (tertiary/aromatic N) is 2. The number of alkyl halides is 1. The molecule has 0 aliphatic heterocycles. The lowest BCUT2D eigenvalue weighted by Gasteiger charge is -2.10. The molecule has 4 heteroatoms. The van der Waals surface area contributed by atoms with Gasteiger partial charge in [0, 0.05) is 23.5 Å². The van der Waals surface area contributed by atoms with Gasteiger partial charge in [0.15, 0.2) is 0 Å². The summed E-state index contributed by atoms with van der Waals surface area (Å²) in [6, 6.07) is 6.17. The third-order valence-corrected chi connectivity index (χ3v) is 3.66. The van der Waals surface area contributed by atoms with E-state index in [2.05, 4.69) is 22.4 Å². The maximum absolute atomic E-state index is 5.73. The summed E-state index contributed by atoms with van der Waals surface area (Å²) >= 11 is 7.57. The van der Waals surface area contributed by atoms with Crippen molar-refractivity contribution in [3.05, 3.63) is 30.6 Å². The van der Waals surface area contributed by atoms with Crippen molar-refractivity contribution in [2.75, 3.05) is 5.88 Å². The van der Waals surface area contributed by atoms with Gasteiger partial charge in [-0.1, -0.05) is 13.0 Å². The first-order valence-electron chi connectivity index (χ1n) is 4.96. The number of imidazole rings is 1. The van der Waals surface area contributed by atoms with E-state index in [1.54, 1.807) is 0 Å². The van der Waals surface area contributed by atoms with Gasteiger partial charge in [-0.05, 0) is 18.6 Å². The van der Waals surface area contributed by atoms with Crippen molar-refractivity contribution in [3.8, 4) is 0 Å². The summed E-state index contributed by atoms with van der Waals surface area (Å²) < 4.78 is 2.11. The molecule has 0 bridgehead atoms. The van der Waals surface area contributed by atoms with Crippen LogP contribution in [-0.4, -0.2) is 20.5 Å². The van der Waals surface area contributed by atoms with Crippen molar-refractivity contribution in [1.82, 2.24) is 9.38 Å². The molecule has 2 rings (SSSR count). The maximum Gasteiger partial charge on any atom is 0.137 e. The van der Waals surface area contributed by atoms with Gasteiger partial charge in [0.05, 0.1) is 5.03 Å². The second-order valence-corrected chi connectivity index (χ2v) is 5.26. The minimum atomic E-state index is 0.538. The second kappa shape index (κ2) is 4.90. The number of pyridine rings is 1. The molecule has 0 aliphatic carbocycles. The van der Waals surface area contributed by atoms with Crippen molar-refractivity contribution < 1.29 is 0 Å². The fourth-order valence-corrected chi connectivity index (χ4v) is 2.97. The Labute approximate surface area is 98.7 Å². The highest BCUT2D eigenvalue weighted by Crippen LogP contribution is 2.25. The summed E-state index contributed by atoms with van der Waals surface area (Å²) in [6.07, 6.45) is 4.84. The summed E-state index contributed by atoms with van der Waals surface area (Å²) in [6.45, 7) is 2.20. The number of thioether (sulfide) groups is 1. The van der Waals surface area contributed by atoms with E-state index in [0.717, 1.165) is 12.1 Å². The molecule has 1 unspecified atom stereocenters. The quantitative estimate of drug-likeness (QED) is 0.602. The molecule has 80 valence electrons. The molecule has 15 heavy (non-hydrogen) atoms. The summed E-state index contributed by atoms with van der Waals surface area (Å²) in [5.74, 6) is 0.716. The van der Waals surface area contributed by atoms with Crippen molar-refractivity contribution in [3.63, 3.8) is 0 Å². The number of aromatic nitrogens is 2. The molecule has 0 radical (unpaired) electrons. The van der Waals surface area contributed by atoms with E-state index >= 15 is 0 Å². The van der Waals surface area contributed by atoms with E-state index in [9.17, 15) is 0 Å². The van der Waals surface area contributed by atoms with E-state index in [-0.39, 0.29) is 0 Å². The van der Waals surface area contributed by atoms with Crippen molar-refractivity contribution in [2.24, 2.45) is 0 Å². The van der Waals surface area contributed by atoms with E-state index in [1.165, 1.54) is 5.03 Å². The van der Waals surface area contributed by atoms with Gasteiger partial charge in [-0.25, -0.2) is 4.98 Å². The summed E-state index contributed by atoms with van der Waals surface area (Å²) in [7, 11) is 0. The predicted molar refractivity (Wildman–Crippen MR) is 65.8 cm³/mol. The van der Waals surface area contributed by atoms with Crippen LogP contribution in [0, 0.1) is 0 Å².